The Morgan fingerprint density at radius 2 is 2.00 bits per heavy atom. The minimum atomic E-state index is 0.206. The minimum Gasteiger partial charge on any atom is -0.388 e. The van der Waals surface area contributed by atoms with Crippen LogP contribution in [-0.2, 0) is 0 Å². The molecule has 1 heteroatoms. The molecule has 12 heavy (non-hydrogen) atoms. The Bertz CT molecular complexity index is 298. The number of hydrogen-bond donors (Lipinski definition) is 1. The van der Waals surface area contributed by atoms with Gasteiger partial charge in [0.1, 0.15) is 0 Å². The van der Waals surface area contributed by atoms with E-state index in [1.165, 1.54) is 0 Å². The van der Waals surface area contributed by atoms with Crippen molar-refractivity contribution in [3.8, 4) is 0 Å². The normalized spacial score (nSPS) is 11.4. The molecule has 0 radical (unpaired) electrons. The van der Waals surface area contributed by atoms with Crippen LogP contribution in [0.3, 0.4) is 0 Å². The van der Waals surface area contributed by atoms with Crippen molar-refractivity contribution >= 4 is 11.8 Å². The fraction of sp³-hybridized carbons (Fsp3) is 0.273. The topological polar surface area (TPSA) is 12.0 Å². The molecule has 0 bridgehead atoms. The van der Waals surface area contributed by atoms with Crippen molar-refractivity contribution in [3.63, 3.8) is 0 Å². The summed E-state index contributed by atoms with van der Waals surface area (Å²) in [5, 5.41) is 3.04. The molecule has 1 aromatic rings. The molecule has 64 valence electrons. The van der Waals surface area contributed by atoms with Crippen molar-refractivity contribution in [1.29, 1.82) is 0 Å². The van der Waals surface area contributed by atoms with E-state index in [1.54, 1.807) is 0 Å². The number of allylic oxidation sites excluding steroid dienone is 1. The summed E-state index contributed by atoms with van der Waals surface area (Å²) in [5.41, 5.74) is 2.96. The summed E-state index contributed by atoms with van der Waals surface area (Å²) in [7, 11) is 1.88. The maximum atomic E-state index is 7.19. The zero-order chi connectivity index (χ0) is 10.4. The molecule has 0 aromatic heterocycles. The Hall–Kier alpha value is -1.24. The van der Waals surface area contributed by atoms with Crippen LogP contribution < -0.4 is 5.32 Å². The van der Waals surface area contributed by atoms with Crippen LogP contribution in [0, 0.1) is 0 Å². The highest BCUT2D eigenvalue weighted by Gasteiger charge is 1.88. The predicted octanol–water partition coefficient (Wildman–Crippen LogP) is 3.15. The van der Waals surface area contributed by atoms with Gasteiger partial charge in [0.15, 0.2) is 0 Å². The molecule has 1 nitrogen and oxygen atoms in total. The summed E-state index contributed by atoms with van der Waals surface area (Å²) >= 11 is 0. The maximum absolute atomic E-state index is 7.19. The molecule has 0 amide bonds. The lowest BCUT2D eigenvalue weighted by molar-refractivity contribution is 1.42. The molecule has 0 fully saturated rings. The third-order valence-electron chi connectivity index (χ3n) is 1.57. The highest BCUT2D eigenvalue weighted by molar-refractivity contribution is 5.56. The summed E-state index contributed by atoms with van der Waals surface area (Å²) < 4.78 is 14.4. The first-order chi connectivity index (χ1) is 6.80. The molecule has 0 atom stereocenters. The van der Waals surface area contributed by atoms with Gasteiger partial charge in [-0.1, -0.05) is 23.8 Å². The molecular weight excluding hydrogens is 146 g/mol. The van der Waals surface area contributed by atoms with E-state index in [-0.39, 0.29) is 13.8 Å². The Labute approximate surface area is 76.9 Å². The van der Waals surface area contributed by atoms with Gasteiger partial charge in [0.25, 0.3) is 0 Å². The van der Waals surface area contributed by atoms with Crippen LogP contribution in [0.1, 0.15) is 22.1 Å². The molecule has 0 heterocycles. The molecule has 1 rings (SSSR count). The van der Waals surface area contributed by atoms with Crippen LogP contribution in [0.5, 0.6) is 0 Å². The Balaban J connectivity index is 2.81. The SMILES string of the molecule is [2H]CC(=Cc1ccc(NC)cc1)C[2H]. The first kappa shape index (κ1) is 6.30. The second-order valence-corrected chi connectivity index (χ2v) is 2.67. The van der Waals surface area contributed by atoms with E-state index in [0.29, 0.717) is 0 Å². The zero-order valence-corrected chi connectivity index (χ0v) is 7.30. The first-order valence-corrected chi connectivity index (χ1v) is 3.86. The summed E-state index contributed by atoms with van der Waals surface area (Å²) in [6, 6.07) is 7.93. The fourth-order valence-corrected chi connectivity index (χ4v) is 0.982. The molecular formula is C11H15N. The van der Waals surface area contributed by atoms with Gasteiger partial charge in [-0.2, -0.15) is 0 Å². The third-order valence-corrected chi connectivity index (χ3v) is 1.57. The van der Waals surface area contributed by atoms with Crippen molar-refractivity contribution in [2.75, 3.05) is 12.4 Å². The standard InChI is InChI=1S/C11H15N/c1-9(2)8-10-4-6-11(12-3)7-5-10/h4-8,12H,1-3H3/i1D,2D. The fourth-order valence-electron chi connectivity index (χ4n) is 0.982. The Morgan fingerprint density at radius 1 is 1.33 bits per heavy atom. The van der Waals surface area contributed by atoms with E-state index in [9.17, 15) is 0 Å². The lowest BCUT2D eigenvalue weighted by Gasteiger charge is -1.99. The van der Waals surface area contributed by atoms with E-state index in [0.717, 1.165) is 16.8 Å². The van der Waals surface area contributed by atoms with Gasteiger partial charge in [0.2, 0.25) is 0 Å². The van der Waals surface area contributed by atoms with Gasteiger partial charge in [-0.15, -0.1) is 0 Å². The molecule has 0 aliphatic rings. The molecule has 0 unspecified atom stereocenters. The van der Waals surface area contributed by atoms with Crippen molar-refractivity contribution in [2.24, 2.45) is 0 Å². The van der Waals surface area contributed by atoms with Gasteiger partial charge in [-0.3, -0.25) is 0 Å². The lowest BCUT2D eigenvalue weighted by atomic mass is 10.1. The van der Waals surface area contributed by atoms with E-state index in [2.05, 4.69) is 5.32 Å². The molecule has 1 aromatic carbocycles. The molecule has 0 aliphatic carbocycles. The van der Waals surface area contributed by atoms with Crippen LogP contribution in [0.25, 0.3) is 6.08 Å². The average Bonchev–Trinajstić information content (AvgIpc) is 2.26. The number of benzene rings is 1. The van der Waals surface area contributed by atoms with Gasteiger partial charge in [0, 0.05) is 15.5 Å². The second-order valence-electron chi connectivity index (χ2n) is 2.67. The van der Waals surface area contributed by atoms with Crippen molar-refractivity contribution in [1.82, 2.24) is 0 Å². The molecule has 0 aliphatic heterocycles. The minimum absolute atomic E-state index is 0.206. The lowest BCUT2D eigenvalue weighted by Crippen LogP contribution is -1.86. The van der Waals surface area contributed by atoms with E-state index in [1.807, 2.05) is 37.4 Å². The maximum Gasteiger partial charge on any atom is 0.0337 e. The van der Waals surface area contributed by atoms with E-state index < -0.39 is 0 Å². The van der Waals surface area contributed by atoms with Crippen molar-refractivity contribution in [2.45, 2.75) is 13.8 Å². The summed E-state index contributed by atoms with van der Waals surface area (Å²) in [4.78, 5) is 0. The molecule has 0 saturated heterocycles. The Kier molecular flexibility index (Phi) is 2.08. The average molecular weight is 163 g/mol. The van der Waals surface area contributed by atoms with Gasteiger partial charge < -0.3 is 5.32 Å². The van der Waals surface area contributed by atoms with Gasteiger partial charge in [-0.05, 0) is 31.5 Å². The van der Waals surface area contributed by atoms with Crippen LogP contribution >= 0.6 is 0 Å². The highest BCUT2D eigenvalue weighted by atomic mass is 14.8. The van der Waals surface area contributed by atoms with E-state index >= 15 is 0 Å². The van der Waals surface area contributed by atoms with Gasteiger partial charge in [0.05, 0.1) is 0 Å². The smallest absolute Gasteiger partial charge is 0.0337 e. The number of hydrogen-bond acceptors (Lipinski definition) is 1. The Morgan fingerprint density at radius 3 is 2.50 bits per heavy atom. The summed E-state index contributed by atoms with van der Waals surface area (Å²) in [6.07, 6.45) is 1.90. The first-order valence-electron chi connectivity index (χ1n) is 5.27. The molecule has 0 saturated carbocycles. The van der Waals surface area contributed by atoms with Gasteiger partial charge in [-0.25, -0.2) is 0 Å². The van der Waals surface area contributed by atoms with Crippen LogP contribution in [0.4, 0.5) is 5.69 Å². The quantitative estimate of drug-likeness (QED) is 0.706. The summed E-state index contributed by atoms with van der Waals surface area (Å²) in [6.45, 7) is 0.411. The van der Waals surface area contributed by atoms with Crippen molar-refractivity contribution < 1.29 is 2.74 Å². The number of anilines is 1. The summed E-state index contributed by atoms with van der Waals surface area (Å²) in [5.74, 6) is 0. The van der Waals surface area contributed by atoms with Gasteiger partial charge >= 0.3 is 0 Å². The van der Waals surface area contributed by atoms with Crippen LogP contribution in [0.2, 0.25) is 0 Å². The number of rotatable bonds is 2. The number of nitrogens with one attached hydrogen (secondary N) is 1. The highest BCUT2D eigenvalue weighted by Crippen LogP contribution is 2.11. The second kappa shape index (κ2) is 3.96. The largest absolute Gasteiger partial charge is 0.388 e. The third kappa shape index (κ3) is 2.42. The zero-order valence-electron chi connectivity index (χ0n) is 9.30. The monoisotopic (exact) mass is 163 g/mol. The van der Waals surface area contributed by atoms with Crippen LogP contribution in [-0.4, -0.2) is 7.05 Å². The van der Waals surface area contributed by atoms with E-state index in [4.69, 9.17) is 2.74 Å². The van der Waals surface area contributed by atoms with Crippen molar-refractivity contribution in [3.05, 3.63) is 35.4 Å². The molecule has 0 spiro atoms. The van der Waals surface area contributed by atoms with Crippen LogP contribution in [0.15, 0.2) is 29.8 Å². The molecule has 1 N–H and O–H groups in total. The predicted molar refractivity (Wildman–Crippen MR) is 55.3 cm³/mol.